The minimum atomic E-state index is -4.14. The Bertz CT molecular complexity index is 757. The second-order valence-electron chi connectivity index (χ2n) is 4.44. The zero-order valence-corrected chi connectivity index (χ0v) is 13.2. The third kappa shape index (κ3) is 3.72. The molecule has 0 saturated heterocycles. The van der Waals surface area contributed by atoms with Crippen LogP contribution in [0.4, 0.5) is 0 Å². The fourth-order valence-corrected chi connectivity index (χ4v) is 2.88. The Balaban J connectivity index is 2.58. The summed E-state index contributed by atoms with van der Waals surface area (Å²) < 4.78 is 34.6. The van der Waals surface area contributed by atoms with Crippen molar-refractivity contribution in [2.75, 3.05) is 7.11 Å². The number of hydrogen-bond acceptors (Lipinski definition) is 4. The largest absolute Gasteiger partial charge is 0.304 e. The fourth-order valence-electron chi connectivity index (χ4n) is 2.11. The lowest BCUT2D eigenvalue weighted by Gasteiger charge is -2.03. The zero-order chi connectivity index (χ0) is 15.6. The van der Waals surface area contributed by atoms with Crippen molar-refractivity contribution in [1.82, 2.24) is 4.57 Å². The molecule has 0 radical (unpaired) electrons. The first kappa shape index (κ1) is 16.2. The lowest BCUT2D eigenvalue weighted by molar-refractivity contribution is -0.652. The van der Waals surface area contributed by atoms with Crippen molar-refractivity contribution in [2.24, 2.45) is 0 Å². The number of aromatic nitrogens is 2. The summed E-state index contributed by atoms with van der Waals surface area (Å²) in [6.07, 6.45) is 1.62. The van der Waals surface area contributed by atoms with E-state index >= 15 is 0 Å². The normalized spacial score (nSPS) is 12.2. The Kier molecular flexibility index (Phi) is 4.84. The molecule has 2 rings (SSSR count). The lowest BCUT2D eigenvalue weighted by Crippen LogP contribution is -2.36. The van der Waals surface area contributed by atoms with Gasteiger partial charge in [-0.25, -0.2) is 18.9 Å². The molecule has 0 atom stereocenters. The molecule has 0 amide bonds. The maximum absolute atomic E-state index is 11.1. The van der Waals surface area contributed by atoms with Crippen LogP contribution < -0.4 is 4.57 Å². The van der Waals surface area contributed by atoms with Gasteiger partial charge in [0, 0.05) is 11.6 Å². The van der Waals surface area contributed by atoms with Crippen molar-refractivity contribution in [3.63, 3.8) is 0 Å². The van der Waals surface area contributed by atoms with Crippen LogP contribution in [-0.4, -0.2) is 24.6 Å². The maximum atomic E-state index is 11.1. The standard InChI is InChI=1S/C12H15ClN2O5S/c1-3-14-7-15(8-21(16,17)18)11-4-9(6-20-19-2)10(13)5-12(11)14/h4-5,7H,3,6,8H2,1-2H3/p+1. The van der Waals surface area contributed by atoms with Crippen LogP contribution >= 0.6 is 11.6 Å². The molecule has 2 aromatic rings. The average Bonchev–Trinajstić information content (AvgIpc) is 2.71. The Morgan fingerprint density at radius 3 is 2.71 bits per heavy atom. The number of hydrogen-bond donors (Lipinski definition) is 1. The number of rotatable bonds is 6. The highest BCUT2D eigenvalue weighted by molar-refractivity contribution is 7.84. The van der Waals surface area contributed by atoms with Gasteiger partial charge >= 0.3 is 10.1 Å². The van der Waals surface area contributed by atoms with Crippen molar-refractivity contribution in [3.8, 4) is 0 Å². The van der Waals surface area contributed by atoms with E-state index in [0.29, 0.717) is 22.6 Å². The van der Waals surface area contributed by atoms with Gasteiger partial charge in [-0.15, -0.1) is 0 Å². The van der Waals surface area contributed by atoms with Crippen molar-refractivity contribution >= 4 is 32.8 Å². The molecular formula is C12H16ClN2O5S+. The first-order chi connectivity index (χ1) is 9.85. The summed E-state index contributed by atoms with van der Waals surface area (Å²) in [7, 11) is -2.76. The van der Waals surface area contributed by atoms with Gasteiger partial charge in [-0.2, -0.15) is 8.42 Å². The molecule has 7 nitrogen and oxygen atoms in total. The summed E-state index contributed by atoms with van der Waals surface area (Å²) in [5.74, 6) is -0.525. The first-order valence-corrected chi connectivity index (χ1v) is 8.16. The van der Waals surface area contributed by atoms with Gasteiger partial charge in [0.2, 0.25) is 12.2 Å². The van der Waals surface area contributed by atoms with E-state index in [9.17, 15) is 8.42 Å². The van der Waals surface area contributed by atoms with Crippen LogP contribution in [0.1, 0.15) is 12.5 Å². The highest BCUT2D eigenvalue weighted by atomic mass is 35.5. The van der Waals surface area contributed by atoms with E-state index in [1.54, 1.807) is 18.5 Å². The van der Waals surface area contributed by atoms with Crippen molar-refractivity contribution in [1.29, 1.82) is 0 Å². The van der Waals surface area contributed by atoms with E-state index in [-0.39, 0.29) is 6.61 Å². The number of imidazole rings is 1. The number of benzene rings is 1. The molecule has 0 spiro atoms. The highest BCUT2D eigenvalue weighted by Crippen LogP contribution is 2.23. The zero-order valence-electron chi connectivity index (χ0n) is 11.6. The van der Waals surface area contributed by atoms with Gasteiger partial charge in [0.05, 0.1) is 18.7 Å². The second kappa shape index (κ2) is 6.29. The predicted molar refractivity (Wildman–Crippen MR) is 76.2 cm³/mol. The third-order valence-corrected chi connectivity index (χ3v) is 3.97. The van der Waals surface area contributed by atoms with E-state index in [0.717, 1.165) is 5.52 Å². The monoisotopic (exact) mass is 335 g/mol. The molecule has 21 heavy (non-hydrogen) atoms. The van der Waals surface area contributed by atoms with Crippen molar-refractivity contribution in [2.45, 2.75) is 26.0 Å². The van der Waals surface area contributed by atoms with Crippen molar-refractivity contribution in [3.05, 3.63) is 29.0 Å². The molecule has 1 N–H and O–H groups in total. The number of nitrogens with zero attached hydrogens (tertiary/aromatic N) is 2. The molecule has 0 bridgehead atoms. The minimum Gasteiger partial charge on any atom is -0.283 e. The summed E-state index contributed by atoms with van der Waals surface area (Å²) in [5.41, 5.74) is 2.06. The summed E-state index contributed by atoms with van der Waals surface area (Å²) >= 11 is 6.18. The Hall–Kier alpha value is -1.19. The molecule has 0 aliphatic heterocycles. The highest BCUT2D eigenvalue weighted by Gasteiger charge is 2.21. The Labute approximate surface area is 127 Å². The third-order valence-electron chi connectivity index (χ3n) is 3.02. The SMILES string of the molecule is CCn1c[n+](CS(=O)(=O)O)c2cc(COOC)c(Cl)cc21. The van der Waals surface area contributed by atoms with E-state index < -0.39 is 16.0 Å². The van der Waals surface area contributed by atoms with E-state index in [1.807, 2.05) is 11.5 Å². The summed E-state index contributed by atoms with van der Waals surface area (Å²) in [4.78, 5) is 9.40. The first-order valence-electron chi connectivity index (χ1n) is 6.17. The summed E-state index contributed by atoms with van der Waals surface area (Å²) in [6.45, 7) is 2.70. The average molecular weight is 336 g/mol. The molecule has 1 heterocycles. The van der Waals surface area contributed by atoms with Gasteiger partial charge in [0.1, 0.15) is 6.61 Å². The molecule has 0 fully saturated rings. The number of aryl methyl sites for hydroxylation is 1. The topological polar surface area (TPSA) is 81.6 Å². The van der Waals surface area contributed by atoms with Crippen LogP contribution in [0, 0.1) is 0 Å². The summed E-state index contributed by atoms with van der Waals surface area (Å²) in [6, 6.07) is 3.45. The van der Waals surface area contributed by atoms with Gasteiger partial charge in [-0.3, -0.25) is 4.55 Å². The molecule has 0 unspecified atom stereocenters. The Morgan fingerprint density at radius 2 is 2.14 bits per heavy atom. The van der Waals surface area contributed by atoms with Crippen LogP contribution in [0.25, 0.3) is 11.0 Å². The van der Waals surface area contributed by atoms with Crippen LogP contribution in [0.15, 0.2) is 18.5 Å². The summed E-state index contributed by atoms with van der Waals surface area (Å²) in [5, 5.41) is 0.492. The smallest absolute Gasteiger partial charge is 0.283 e. The van der Waals surface area contributed by atoms with E-state index in [1.165, 1.54) is 11.7 Å². The van der Waals surface area contributed by atoms with Gasteiger partial charge in [0.25, 0.3) is 0 Å². The predicted octanol–water partition coefficient (Wildman–Crippen LogP) is 1.53. The van der Waals surface area contributed by atoms with Crippen LogP contribution in [0.3, 0.4) is 0 Å². The van der Waals surface area contributed by atoms with E-state index in [2.05, 4.69) is 4.89 Å². The second-order valence-corrected chi connectivity index (χ2v) is 6.27. The van der Waals surface area contributed by atoms with E-state index in [4.69, 9.17) is 21.0 Å². The molecule has 116 valence electrons. The van der Waals surface area contributed by atoms with Gasteiger partial charge < -0.3 is 0 Å². The van der Waals surface area contributed by atoms with Gasteiger partial charge in [-0.1, -0.05) is 11.6 Å². The maximum Gasteiger partial charge on any atom is 0.304 e. The lowest BCUT2D eigenvalue weighted by atomic mass is 10.2. The van der Waals surface area contributed by atoms with Crippen LogP contribution in [0.5, 0.6) is 0 Å². The van der Waals surface area contributed by atoms with Crippen LogP contribution in [-0.2, 0) is 38.9 Å². The number of fused-ring (bicyclic) bond motifs is 1. The van der Waals surface area contributed by atoms with Crippen molar-refractivity contribution < 1.29 is 27.3 Å². The molecule has 0 saturated carbocycles. The quantitative estimate of drug-likeness (QED) is 0.374. The molecule has 0 aliphatic carbocycles. The molecule has 1 aromatic heterocycles. The molecule has 1 aromatic carbocycles. The fraction of sp³-hybridized carbons (Fsp3) is 0.417. The van der Waals surface area contributed by atoms with Gasteiger partial charge in [0.15, 0.2) is 11.0 Å². The number of halogens is 1. The molecule has 0 aliphatic rings. The van der Waals surface area contributed by atoms with Gasteiger partial charge in [-0.05, 0) is 13.0 Å². The Morgan fingerprint density at radius 1 is 1.43 bits per heavy atom. The molecule has 9 heteroatoms. The molecular weight excluding hydrogens is 320 g/mol. The minimum absolute atomic E-state index is 0.133. The van der Waals surface area contributed by atoms with Crippen LogP contribution in [0.2, 0.25) is 5.02 Å².